The Morgan fingerprint density at radius 1 is 1.10 bits per heavy atom. The molecule has 2 heterocycles. The molecule has 3 rings (SSSR count). The molecule has 0 N–H and O–H groups in total. The van der Waals surface area contributed by atoms with Crippen LogP contribution in [0.2, 0.25) is 0 Å². The van der Waals surface area contributed by atoms with Crippen LogP contribution in [0.5, 0.6) is 0 Å². The fraction of sp³-hybridized carbons (Fsp3) is 0.680. The molecule has 1 aromatic carbocycles. The Labute approximate surface area is 187 Å². The number of carbonyl (C=O) groups is 2. The number of benzene rings is 1. The van der Waals surface area contributed by atoms with E-state index in [9.17, 15) is 9.59 Å². The molecule has 1 unspecified atom stereocenters. The molecule has 2 aliphatic heterocycles. The Hall–Kier alpha value is -1.92. The van der Waals surface area contributed by atoms with E-state index in [4.69, 9.17) is 4.74 Å². The molecule has 1 aromatic rings. The molecule has 0 radical (unpaired) electrons. The molecule has 2 aliphatic rings. The van der Waals surface area contributed by atoms with Gasteiger partial charge in [-0.2, -0.15) is 0 Å². The van der Waals surface area contributed by atoms with Crippen molar-refractivity contribution in [2.45, 2.75) is 52.1 Å². The number of likely N-dealkylation sites (N-methyl/N-ethyl adjacent to an activating group) is 1. The molecular weight excluding hydrogens is 390 g/mol. The highest BCUT2D eigenvalue weighted by Crippen LogP contribution is 2.31. The minimum Gasteiger partial charge on any atom is -0.468 e. The number of nitrogens with zero attached hydrogens (tertiary/aromatic N) is 3. The quantitative estimate of drug-likeness (QED) is 0.467. The zero-order valence-electron chi connectivity index (χ0n) is 19.8. The molecule has 0 spiro atoms. The molecule has 31 heavy (non-hydrogen) atoms. The number of hydrogen-bond acceptors (Lipinski definition) is 6. The summed E-state index contributed by atoms with van der Waals surface area (Å²) < 4.78 is 5.03. The predicted molar refractivity (Wildman–Crippen MR) is 125 cm³/mol. The van der Waals surface area contributed by atoms with Gasteiger partial charge in [-0.1, -0.05) is 26.0 Å². The topological polar surface area (TPSA) is 53.1 Å². The summed E-state index contributed by atoms with van der Waals surface area (Å²) in [5.74, 6) is 0.567. The lowest BCUT2D eigenvalue weighted by atomic mass is 9.82. The number of hydrogen-bond donors (Lipinski definition) is 0. The zero-order valence-corrected chi connectivity index (χ0v) is 19.8. The average molecular weight is 430 g/mol. The van der Waals surface area contributed by atoms with Crippen molar-refractivity contribution in [2.24, 2.45) is 11.8 Å². The number of esters is 1. The van der Waals surface area contributed by atoms with Gasteiger partial charge in [0.1, 0.15) is 6.04 Å². The van der Waals surface area contributed by atoms with Gasteiger partial charge in [-0.05, 0) is 57.3 Å². The summed E-state index contributed by atoms with van der Waals surface area (Å²) in [4.78, 5) is 32.5. The summed E-state index contributed by atoms with van der Waals surface area (Å²) in [6.45, 7) is 11.5. The number of rotatable bonds is 8. The standard InChI is InChI=1S/C25H39N3O3/c1-18(2)22(19(3)28-11-7-10-23(28)25(30)31-5)17-24(29)20-8-6-9-21(16-20)27-14-12-26(4)13-15-27/h6,8-9,16,18-19,22-23H,7,10-15,17H2,1-5H3/t19?,22-,23-/m0/s1. The number of piperazine rings is 1. The second-order valence-electron chi connectivity index (χ2n) is 9.54. The maximum atomic E-state index is 13.3. The highest BCUT2D eigenvalue weighted by Gasteiger charge is 2.38. The van der Waals surface area contributed by atoms with E-state index in [1.54, 1.807) is 0 Å². The van der Waals surface area contributed by atoms with Crippen molar-refractivity contribution < 1.29 is 14.3 Å². The van der Waals surface area contributed by atoms with E-state index >= 15 is 0 Å². The van der Waals surface area contributed by atoms with Crippen LogP contribution in [0.15, 0.2) is 24.3 Å². The first-order valence-corrected chi connectivity index (χ1v) is 11.7. The molecule has 0 amide bonds. The molecule has 2 saturated heterocycles. The Morgan fingerprint density at radius 3 is 2.45 bits per heavy atom. The van der Waals surface area contributed by atoms with Crippen LogP contribution in [0.4, 0.5) is 5.69 Å². The van der Waals surface area contributed by atoms with Crippen molar-refractivity contribution in [2.75, 3.05) is 51.8 Å². The number of carbonyl (C=O) groups excluding carboxylic acids is 2. The van der Waals surface area contributed by atoms with Crippen LogP contribution in [0.1, 0.15) is 50.4 Å². The van der Waals surface area contributed by atoms with Gasteiger partial charge in [0.25, 0.3) is 0 Å². The van der Waals surface area contributed by atoms with Gasteiger partial charge in [0.15, 0.2) is 5.78 Å². The second kappa shape index (κ2) is 10.6. The minimum absolute atomic E-state index is 0.149. The molecule has 172 valence electrons. The summed E-state index contributed by atoms with van der Waals surface area (Å²) in [7, 11) is 3.61. The summed E-state index contributed by atoms with van der Waals surface area (Å²) in [6.07, 6.45) is 2.33. The van der Waals surface area contributed by atoms with Crippen molar-refractivity contribution in [3.63, 3.8) is 0 Å². The maximum absolute atomic E-state index is 13.3. The van der Waals surface area contributed by atoms with Crippen molar-refractivity contribution in [3.8, 4) is 0 Å². The van der Waals surface area contributed by atoms with Crippen LogP contribution in [0.3, 0.4) is 0 Å². The molecule has 0 aliphatic carbocycles. The SMILES string of the molecule is COC(=O)[C@@H]1CCCN1C(C)[C@@H](CC(=O)c1cccc(N2CCN(C)CC2)c1)C(C)C. The van der Waals surface area contributed by atoms with Crippen molar-refractivity contribution in [1.29, 1.82) is 0 Å². The Morgan fingerprint density at radius 2 is 1.81 bits per heavy atom. The number of Topliss-reactive ketones (excluding diaryl/α,β-unsaturated/α-hetero) is 1. The molecule has 3 atom stereocenters. The normalized spacial score (nSPS) is 22.5. The van der Waals surface area contributed by atoms with Gasteiger partial charge < -0.3 is 14.5 Å². The molecule has 6 nitrogen and oxygen atoms in total. The Kier molecular flexibility index (Phi) is 8.11. The van der Waals surface area contributed by atoms with Gasteiger partial charge in [-0.3, -0.25) is 14.5 Å². The van der Waals surface area contributed by atoms with Crippen LogP contribution in [-0.4, -0.2) is 80.5 Å². The first kappa shape index (κ1) is 23.7. The van der Waals surface area contributed by atoms with Crippen molar-refractivity contribution in [3.05, 3.63) is 29.8 Å². The molecular formula is C25H39N3O3. The first-order chi connectivity index (χ1) is 14.8. The summed E-state index contributed by atoms with van der Waals surface area (Å²) in [5, 5.41) is 0. The second-order valence-corrected chi connectivity index (χ2v) is 9.54. The number of methoxy groups -OCH3 is 1. The fourth-order valence-electron chi connectivity index (χ4n) is 5.15. The predicted octanol–water partition coefficient (Wildman–Crippen LogP) is 3.31. The monoisotopic (exact) mass is 429 g/mol. The fourth-order valence-corrected chi connectivity index (χ4v) is 5.15. The minimum atomic E-state index is -0.183. The van der Waals surface area contributed by atoms with Crippen molar-refractivity contribution >= 4 is 17.4 Å². The van der Waals surface area contributed by atoms with E-state index in [0.29, 0.717) is 12.3 Å². The summed E-state index contributed by atoms with van der Waals surface area (Å²) in [6, 6.07) is 8.08. The highest BCUT2D eigenvalue weighted by atomic mass is 16.5. The molecule has 2 fully saturated rings. The van der Waals surface area contributed by atoms with Gasteiger partial charge >= 0.3 is 5.97 Å². The molecule has 6 heteroatoms. The van der Waals surface area contributed by atoms with Crippen LogP contribution in [-0.2, 0) is 9.53 Å². The third-order valence-corrected chi connectivity index (χ3v) is 7.22. The van der Waals surface area contributed by atoms with Crippen LogP contribution in [0.25, 0.3) is 0 Å². The summed E-state index contributed by atoms with van der Waals surface area (Å²) >= 11 is 0. The van der Waals surface area contributed by atoms with Crippen LogP contribution < -0.4 is 4.90 Å². The zero-order chi connectivity index (χ0) is 22.5. The van der Waals surface area contributed by atoms with E-state index in [1.807, 2.05) is 12.1 Å². The Balaban J connectivity index is 1.71. The lowest BCUT2D eigenvalue weighted by Crippen LogP contribution is -2.47. The lowest BCUT2D eigenvalue weighted by Gasteiger charge is -2.36. The van der Waals surface area contributed by atoms with E-state index in [-0.39, 0.29) is 29.8 Å². The highest BCUT2D eigenvalue weighted by molar-refractivity contribution is 5.97. The van der Waals surface area contributed by atoms with E-state index in [0.717, 1.165) is 56.8 Å². The molecule has 0 bridgehead atoms. The van der Waals surface area contributed by atoms with Gasteiger partial charge in [0, 0.05) is 49.9 Å². The van der Waals surface area contributed by atoms with Crippen LogP contribution >= 0.6 is 0 Å². The van der Waals surface area contributed by atoms with Crippen LogP contribution in [0, 0.1) is 11.8 Å². The largest absolute Gasteiger partial charge is 0.468 e. The smallest absolute Gasteiger partial charge is 0.323 e. The van der Waals surface area contributed by atoms with E-state index in [1.165, 1.54) is 7.11 Å². The lowest BCUT2D eigenvalue weighted by molar-refractivity contribution is -0.147. The van der Waals surface area contributed by atoms with Crippen molar-refractivity contribution in [1.82, 2.24) is 9.80 Å². The number of ketones is 1. The van der Waals surface area contributed by atoms with Gasteiger partial charge in [-0.15, -0.1) is 0 Å². The van der Waals surface area contributed by atoms with Gasteiger partial charge in [0.2, 0.25) is 0 Å². The third kappa shape index (κ3) is 5.66. The third-order valence-electron chi connectivity index (χ3n) is 7.22. The number of likely N-dealkylation sites (tertiary alicyclic amines) is 1. The molecule has 0 aromatic heterocycles. The summed E-state index contributed by atoms with van der Waals surface area (Å²) in [5.41, 5.74) is 1.93. The number of anilines is 1. The van der Waals surface area contributed by atoms with E-state index < -0.39 is 0 Å². The Bertz CT molecular complexity index is 758. The van der Waals surface area contributed by atoms with E-state index in [2.05, 4.69) is 54.7 Å². The van der Waals surface area contributed by atoms with Gasteiger partial charge in [0.05, 0.1) is 7.11 Å². The maximum Gasteiger partial charge on any atom is 0.323 e. The van der Waals surface area contributed by atoms with Gasteiger partial charge in [-0.25, -0.2) is 0 Å². The average Bonchev–Trinajstić information content (AvgIpc) is 3.26. The number of ether oxygens (including phenoxy) is 1. The first-order valence-electron chi connectivity index (χ1n) is 11.7. The molecule has 0 saturated carbocycles.